The second-order valence-corrected chi connectivity index (χ2v) is 5.67. The van der Waals surface area contributed by atoms with Crippen molar-refractivity contribution in [1.82, 2.24) is 9.88 Å². The Kier molecular flexibility index (Phi) is 4.44. The van der Waals surface area contributed by atoms with Crippen molar-refractivity contribution in [1.29, 1.82) is 0 Å². The molecule has 1 aliphatic heterocycles. The molecule has 1 aliphatic rings. The first-order valence-electron chi connectivity index (χ1n) is 7.52. The zero-order valence-electron chi connectivity index (χ0n) is 12.7. The van der Waals surface area contributed by atoms with Crippen LogP contribution in [0.25, 0.3) is 11.3 Å². The molecule has 1 amide bonds. The molecule has 1 aromatic carbocycles. The summed E-state index contributed by atoms with van der Waals surface area (Å²) in [6.07, 6.45) is 2.65. The number of halogens is 2. The van der Waals surface area contributed by atoms with Gasteiger partial charge in [-0.05, 0) is 54.8 Å². The minimum absolute atomic E-state index is 0.0654. The average molecular weight is 331 g/mol. The second kappa shape index (κ2) is 6.50. The summed E-state index contributed by atoms with van der Waals surface area (Å²) in [4.78, 5) is 18.2. The number of nitrogens with zero attached hydrogens (tertiary/aromatic N) is 2. The molecule has 0 atom stereocenters. The van der Waals surface area contributed by atoms with Gasteiger partial charge in [0.25, 0.3) is 0 Å². The molecule has 5 heteroatoms. The minimum atomic E-state index is -0.305. The van der Waals surface area contributed by atoms with Crippen molar-refractivity contribution >= 4 is 28.8 Å². The van der Waals surface area contributed by atoms with Crippen molar-refractivity contribution in [2.45, 2.75) is 19.8 Å². The van der Waals surface area contributed by atoms with E-state index in [0.29, 0.717) is 24.5 Å². The van der Waals surface area contributed by atoms with Crippen molar-refractivity contribution in [3.63, 3.8) is 0 Å². The number of pyridine rings is 1. The Morgan fingerprint density at radius 1 is 1.22 bits per heavy atom. The molecule has 2 heterocycles. The van der Waals surface area contributed by atoms with Crippen LogP contribution in [0.3, 0.4) is 0 Å². The van der Waals surface area contributed by atoms with Crippen LogP contribution in [0.4, 0.5) is 4.39 Å². The third-order valence-electron chi connectivity index (χ3n) is 3.96. The van der Waals surface area contributed by atoms with Crippen LogP contribution in [-0.2, 0) is 4.79 Å². The SMILES string of the molecule is CCN1C(=O)CCC(c2cccnc2Cl)=C1c1ccc(F)cc1. The molecule has 0 fully saturated rings. The second-order valence-electron chi connectivity index (χ2n) is 5.31. The predicted octanol–water partition coefficient (Wildman–Crippen LogP) is 4.38. The Balaban J connectivity index is 2.24. The van der Waals surface area contributed by atoms with E-state index in [0.717, 1.165) is 22.4 Å². The van der Waals surface area contributed by atoms with Gasteiger partial charge in [-0.1, -0.05) is 17.7 Å². The third-order valence-corrected chi connectivity index (χ3v) is 4.26. The normalized spacial score (nSPS) is 15.3. The van der Waals surface area contributed by atoms with E-state index >= 15 is 0 Å². The Hall–Kier alpha value is -2.20. The average Bonchev–Trinajstić information content (AvgIpc) is 2.56. The molecular weight excluding hydrogens is 315 g/mol. The van der Waals surface area contributed by atoms with Crippen LogP contribution >= 0.6 is 11.6 Å². The van der Waals surface area contributed by atoms with E-state index in [4.69, 9.17) is 11.6 Å². The summed E-state index contributed by atoms with van der Waals surface area (Å²) in [5.41, 5.74) is 3.38. The number of amides is 1. The van der Waals surface area contributed by atoms with Crippen LogP contribution in [-0.4, -0.2) is 22.3 Å². The number of rotatable bonds is 3. The monoisotopic (exact) mass is 330 g/mol. The van der Waals surface area contributed by atoms with Gasteiger partial charge in [0.15, 0.2) is 0 Å². The quantitative estimate of drug-likeness (QED) is 0.782. The maximum absolute atomic E-state index is 13.3. The number of hydrogen-bond donors (Lipinski definition) is 0. The van der Waals surface area contributed by atoms with Crippen LogP contribution in [0.1, 0.15) is 30.9 Å². The van der Waals surface area contributed by atoms with E-state index < -0.39 is 0 Å². The number of carbonyl (C=O) groups excluding carboxylic acids is 1. The van der Waals surface area contributed by atoms with Crippen LogP contribution in [0.5, 0.6) is 0 Å². The predicted molar refractivity (Wildman–Crippen MR) is 89.1 cm³/mol. The van der Waals surface area contributed by atoms with Gasteiger partial charge in [0, 0.05) is 24.7 Å². The Morgan fingerprint density at radius 2 is 1.96 bits per heavy atom. The lowest BCUT2D eigenvalue weighted by Gasteiger charge is -2.32. The lowest BCUT2D eigenvalue weighted by Crippen LogP contribution is -2.33. The molecule has 0 N–H and O–H groups in total. The van der Waals surface area contributed by atoms with Crippen LogP contribution < -0.4 is 0 Å². The maximum atomic E-state index is 13.3. The first-order chi connectivity index (χ1) is 11.1. The summed E-state index contributed by atoms with van der Waals surface area (Å²) in [5, 5.41) is 0.410. The van der Waals surface area contributed by atoms with Gasteiger partial charge in [0.05, 0.1) is 5.70 Å². The van der Waals surface area contributed by atoms with E-state index in [1.165, 1.54) is 12.1 Å². The van der Waals surface area contributed by atoms with Crippen molar-refractivity contribution < 1.29 is 9.18 Å². The van der Waals surface area contributed by atoms with E-state index in [1.54, 1.807) is 23.2 Å². The zero-order chi connectivity index (χ0) is 16.4. The largest absolute Gasteiger partial charge is 0.312 e. The molecule has 0 spiro atoms. The van der Waals surface area contributed by atoms with Gasteiger partial charge in [-0.15, -0.1) is 0 Å². The summed E-state index contributed by atoms with van der Waals surface area (Å²) in [7, 11) is 0. The van der Waals surface area contributed by atoms with Gasteiger partial charge in [0.2, 0.25) is 5.91 Å². The fourth-order valence-electron chi connectivity index (χ4n) is 2.92. The summed E-state index contributed by atoms with van der Waals surface area (Å²) in [6, 6.07) is 9.91. The molecule has 3 rings (SSSR count). The first-order valence-corrected chi connectivity index (χ1v) is 7.90. The number of hydrogen-bond acceptors (Lipinski definition) is 2. The van der Waals surface area contributed by atoms with Gasteiger partial charge in [0.1, 0.15) is 11.0 Å². The summed E-state index contributed by atoms with van der Waals surface area (Å²) >= 11 is 6.25. The molecule has 3 nitrogen and oxygen atoms in total. The molecular formula is C18H16ClFN2O. The molecule has 23 heavy (non-hydrogen) atoms. The molecule has 0 saturated carbocycles. The van der Waals surface area contributed by atoms with E-state index in [1.807, 2.05) is 19.1 Å². The highest BCUT2D eigenvalue weighted by atomic mass is 35.5. The van der Waals surface area contributed by atoms with Gasteiger partial charge in [-0.3, -0.25) is 4.79 Å². The van der Waals surface area contributed by atoms with Crippen LogP contribution in [0, 0.1) is 5.82 Å². The highest BCUT2D eigenvalue weighted by Crippen LogP contribution is 2.38. The summed E-state index contributed by atoms with van der Waals surface area (Å²) in [5.74, 6) is -0.240. The van der Waals surface area contributed by atoms with Crippen molar-refractivity contribution in [3.05, 3.63) is 64.7 Å². The fourth-order valence-corrected chi connectivity index (χ4v) is 3.15. The smallest absolute Gasteiger partial charge is 0.227 e. The highest BCUT2D eigenvalue weighted by molar-refractivity contribution is 6.31. The number of aromatic nitrogens is 1. The number of benzene rings is 1. The van der Waals surface area contributed by atoms with Gasteiger partial charge in [-0.2, -0.15) is 0 Å². The molecule has 0 aliphatic carbocycles. The van der Waals surface area contributed by atoms with Gasteiger partial charge in [-0.25, -0.2) is 9.37 Å². The van der Waals surface area contributed by atoms with Gasteiger partial charge < -0.3 is 4.90 Å². The maximum Gasteiger partial charge on any atom is 0.227 e. The van der Waals surface area contributed by atoms with Gasteiger partial charge >= 0.3 is 0 Å². The van der Waals surface area contributed by atoms with E-state index in [2.05, 4.69) is 4.98 Å². The molecule has 0 radical (unpaired) electrons. The standard InChI is InChI=1S/C18H16ClFN2O/c1-2-22-16(23)10-9-14(15-4-3-11-21-18(15)19)17(22)12-5-7-13(20)8-6-12/h3-8,11H,2,9-10H2,1H3. The first kappa shape index (κ1) is 15.7. The number of carbonyl (C=O) groups is 1. The molecule has 0 unspecified atom stereocenters. The Labute approximate surface area is 139 Å². The fraction of sp³-hybridized carbons (Fsp3) is 0.222. The molecule has 0 bridgehead atoms. The zero-order valence-corrected chi connectivity index (χ0v) is 13.5. The Morgan fingerprint density at radius 3 is 2.61 bits per heavy atom. The van der Waals surface area contributed by atoms with E-state index in [9.17, 15) is 9.18 Å². The summed E-state index contributed by atoms with van der Waals surface area (Å²) < 4.78 is 13.3. The van der Waals surface area contributed by atoms with Crippen molar-refractivity contribution in [3.8, 4) is 0 Å². The Bertz CT molecular complexity index is 771. The third kappa shape index (κ3) is 2.99. The van der Waals surface area contributed by atoms with E-state index in [-0.39, 0.29) is 11.7 Å². The van der Waals surface area contributed by atoms with Crippen LogP contribution in [0.15, 0.2) is 42.6 Å². The lowest BCUT2D eigenvalue weighted by molar-refractivity contribution is -0.128. The van der Waals surface area contributed by atoms with Crippen molar-refractivity contribution in [2.24, 2.45) is 0 Å². The summed E-state index contributed by atoms with van der Waals surface area (Å²) in [6.45, 7) is 2.47. The molecule has 1 aromatic heterocycles. The van der Waals surface area contributed by atoms with Crippen LogP contribution in [0.2, 0.25) is 5.15 Å². The molecule has 2 aromatic rings. The molecule has 0 saturated heterocycles. The highest BCUT2D eigenvalue weighted by Gasteiger charge is 2.28. The topological polar surface area (TPSA) is 33.2 Å². The minimum Gasteiger partial charge on any atom is -0.312 e. The van der Waals surface area contributed by atoms with Crippen molar-refractivity contribution in [2.75, 3.05) is 6.54 Å². The number of allylic oxidation sites excluding steroid dienone is 1. The lowest BCUT2D eigenvalue weighted by atomic mass is 9.92. The molecule has 118 valence electrons.